The lowest BCUT2D eigenvalue weighted by atomic mass is 10.2. The molecule has 2 aromatic carbocycles. The maximum atomic E-state index is 12.4. The van der Waals surface area contributed by atoms with Gasteiger partial charge in [0.15, 0.2) is 10.9 Å². The lowest BCUT2D eigenvalue weighted by molar-refractivity contribution is -0.113. The molecule has 0 saturated carbocycles. The molecule has 4 aromatic rings. The maximum absolute atomic E-state index is 12.4. The van der Waals surface area contributed by atoms with Gasteiger partial charge in [-0.05, 0) is 36.4 Å². The zero-order valence-corrected chi connectivity index (χ0v) is 19.9. The monoisotopic (exact) mass is 536 g/mol. The van der Waals surface area contributed by atoms with Crippen molar-refractivity contribution in [3.63, 3.8) is 0 Å². The van der Waals surface area contributed by atoms with E-state index in [2.05, 4.69) is 38.0 Å². The number of fused-ring (bicyclic) bond motifs is 1. The van der Waals surface area contributed by atoms with Gasteiger partial charge < -0.3 is 9.73 Å². The van der Waals surface area contributed by atoms with Crippen LogP contribution >= 0.6 is 50.9 Å². The fourth-order valence-electron chi connectivity index (χ4n) is 2.91. The highest BCUT2D eigenvalue weighted by molar-refractivity contribution is 9.10. The Morgan fingerprint density at radius 1 is 1.26 bits per heavy atom. The molecular formula is C21H15BrCl2N4O2S. The predicted octanol–water partition coefficient (Wildman–Crippen LogP) is 6.68. The molecule has 6 nitrogen and oxygen atoms in total. The summed E-state index contributed by atoms with van der Waals surface area (Å²) in [6.07, 6.45) is 1.74. The third-order valence-corrected chi connectivity index (χ3v) is 6.56. The molecule has 0 atom stereocenters. The number of nitrogens with zero attached hydrogens (tertiary/aromatic N) is 3. The van der Waals surface area contributed by atoms with Crippen LogP contribution in [0, 0.1) is 0 Å². The third kappa shape index (κ3) is 4.82. The van der Waals surface area contributed by atoms with Gasteiger partial charge in [0.25, 0.3) is 0 Å². The molecule has 0 bridgehead atoms. The Morgan fingerprint density at radius 3 is 2.90 bits per heavy atom. The van der Waals surface area contributed by atoms with Crippen molar-refractivity contribution < 1.29 is 9.21 Å². The Morgan fingerprint density at radius 2 is 2.10 bits per heavy atom. The van der Waals surface area contributed by atoms with Crippen LogP contribution in [0.5, 0.6) is 0 Å². The molecule has 0 radical (unpaired) electrons. The normalized spacial score (nSPS) is 11.1. The number of hydrogen-bond donors (Lipinski definition) is 1. The van der Waals surface area contributed by atoms with Crippen LogP contribution in [0.3, 0.4) is 0 Å². The first-order valence-electron chi connectivity index (χ1n) is 9.06. The number of carbonyl (C=O) groups excluding carboxylic acids is 1. The van der Waals surface area contributed by atoms with Gasteiger partial charge in [0, 0.05) is 16.4 Å². The van der Waals surface area contributed by atoms with Gasteiger partial charge in [0.1, 0.15) is 5.58 Å². The summed E-state index contributed by atoms with van der Waals surface area (Å²) in [6, 6.07) is 12.7. The summed E-state index contributed by atoms with van der Waals surface area (Å²) in [5.41, 5.74) is 1.21. The Bertz CT molecular complexity index is 1290. The molecule has 0 unspecified atom stereocenters. The van der Waals surface area contributed by atoms with Crippen LogP contribution in [0.15, 0.2) is 69.2 Å². The average molecular weight is 538 g/mol. The van der Waals surface area contributed by atoms with Gasteiger partial charge in [-0.1, -0.05) is 63.0 Å². The first-order chi connectivity index (χ1) is 15.0. The number of allylic oxidation sites excluding steroid dienone is 1. The third-order valence-electron chi connectivity index (χ3n) is 4.29. The van der Waals surface area contributed by atoms with Gasteiger partial charge in [-0.3, -0.25) is 9.36 Å². The SMILES string of the molecule is C=CCn1c(SCC(=O)Nc2cccc(Cl)c2Cl)nnc1-c1cc2cc(Br)ccc2o1. The molecular weight excluding hydrogens is 523 g/mol. The van der Waals surface area contributed by atoms with E-state index in [9.17, 15) is 4.79 Å². The Labute approximate surface area is 200 Å². The molecule has 1 N–H and O–H groups in total. The van der Waals surface area contributed by atoms with E-state index in [4.69, 9.17) is 27.6 Å². The minimum Gasteiger partial charge on any atom is -0.453 e. The molecule has 31 heavy (non-hydrogen) atoms. The molecule has 0 aliphatic rings. The summed E-state index contributed by atoms with van der Waals surface area (Å²) in [4.78, 5) is 12.4. The highest BCUT2D eigenvalue weighted by Crippen LogP contribution is 2.32. The highest BCUT2D eigenvalue weighted by Gasteiger charge is 2.18. The number of halogens is 3. The number of amides is 1. The number of hydrogen-bond acceptors (Lipinski definition) is 5. The number of thioether (sulfide) groups is 1. The van der Waals surface area contributed by atoms with Gasteiger partial charge in [-0.15, -0.1) is 16.8 Å². The summed E-state index contributed by atoms with van der Waals surface area (Å²) in [5, 5.41) is 13.5. The van der Waals surface area contributed by atoms with E-state index in [-0.39, 0.29) is 11.7 Å². The summed E-state index contributed by atoms with van der Waals surface area (Å²) in [6.45, 7) is 4.27. The molecule has 2 aromatic heterocycles. The summed E-state index contributed by atoms with van der Waals surface area (Å²) < 4.78 is 8.76. The van der Waals surface area contributed by atoms with E-state index < -0.39 is 0 Å². The van der Waals surface area contributed by atoms with E-state index >= 15 is 0 Å². The second kappa shape index (κ2) is 9.48. The average Bonchev–Trinajstić information content (AvgIpc) is 3.33. The highest BCUT2D eigenvalue weighted by atomic mass is 79.9. The maximum Gasteiger partial charge on any atom is 0.234 e. The minimum atomic E-state index is -0.238. The van der Waals surface area contributed by atoms with E-state index in [1.807, 2.05) is 28.8 Å². The van der Waals surface area contributed by atoms with Crippen molar-refractivity contribution in [2.24, 2.45) is 0 Å². The van der Waals surface area contributed by atoms with Gasteiger partial charge in [0.2, 0.25) is 11.7 Å². The second-order valence-corrected chi connectivity index (χ2v) is 9.08. The fraction of sp³-hybridized carbons (Fsp3) is 0.0952. The second-order valence-electron chi connectivity index (χ2n) is 6.44. The largest absolute Gasteiger partial charge is 0.453 e. The van der Waals surface area contributed by atoms with Crippen LogP contribution in [0.2, 0.25) is 10.0 Å². The van der Waals surface area contributed by atoms with Gasteiger partial charge in [-0.25, -0.2) is 0 Å². The Kier molecular flexibility index (Phi) is 6.71. The van der Waals surface area contributed by atoms with Crippen molar-refractivity contribution in [3.8, 4) is 11.6 Å². The quantitative estimate of drug-likeness (QED) is 0.210. The number of anilines is 1. The van der Waals surface area contributed by atoms with Crippen LogP contribution in [0.4, 0.5) is 5.69 Å². The first-order valence-corrected chi connectivity index (χ1v) is 11.6. The summed E-state index contributed by atoms with van der Waals surface area (Å²) >= 11 is 16.8. The number of furan rings is 1. The first kappa shape index (κ1) is 22.0. The van der Waals surface area contributed by atoms with Crippen LogP contribution in [-0.2, 0) is 11.3 Å². The standard InChI is InChI=1S/C21H15BrCl2N4O2S/c1-2-8-28-20(17-10-12-9-13(22)6-7-16(12)30-17)26-27-21(28)31-11-18(29)25-15-5-3-4-14(23)19(15)24/h2-7,9-10H,1,8,11H2,(H,25,29). The fourth-order valence-corrected chi connectivity index (χ4v) is 4.39. The van der Waals surface area contributed by atoms with Crippen LogP contribution in [-0.4, -0.2) is 26.4 Å². The zero-order valence-electron chi connectivity index (χ0n) is 15.9. The van der Waals surface area contributed by atoms with Gasteiger partial charge in [-0.2, -0.15) is 0 Å². The topological polar surface area (TPSA) is 73.0 Å². The number of nitrogens with one attached hydrogen (secondary N) is 1. The van der Waals surface area contributed by atoms with Crippen LogP contribution in [0.25, 0.3) is 22.6 Å². The molecule has 0 spiro atoms. The molecule has 1 amide bonds. The van der Waals surface area contributed by atoms with E-state index in [0.29, 0.717) is 39.0 Å². The van der Waals surface area contributed by atoms with Crippen molar-refractivity contribution in [1.29, 1.82) is 0 Å². The molecule has 0 aliphatic heterocycles. The van der Waals surface area contributed by atoms with Crippen LogP contribution < -0.4 is 5.32 Å². The van der Waals surface area contributed by atoms with Crippen LogP contribution in [0.1, 0.15) is 0 Å². The molecule has 4 rings (SSSR count). The molecule has 158 valence electrons. The van der Waals surface area contributed by atoms with E-state index in [0.717, 1.165) is 15.4 Å². The van der Waals surface area contributed by atoms with Crippen molar-refractivity contribution in [3.05, 3.63) is 69.6 Å². The molecule has 10 heteroatoms. The summed E-state index contributed by atoms with van der Waals surface area (Å²) in [7, 11) is 0. The van der Waals surface area contributed by atoms with Gasteiger partial charge in [0.05, 0.1) is 21.5 Å². The van der Waals surface area contributed by atoms with Crippen molar-refractivity contribution in [2.75, 3.05) is 11.1 Å². The molecule has 2 heterocycles. The lowest BCUT2D eigenvalue weighted by Gasteiger charge is -2.09. The number of carbonyl (C=O) groups is 1. The van der Waals surface area contributed by atoms with Crippen molar-refractivity contribution >= 4 is 73.5 Å². The lowest BCUT2D eigenvalue weighted by Crippen LogP contribution is -2.15. The van der Waals surface area contributed by atoms with Gasteiger partial charge >= 0.3 is 0 Å². The minimum absolute atomic E-state index is 0.116. The molecule has 0 saturated heterocycles. The van der Waals surface area contributed by atoms with E-state index in [1.165, 1.54) is 11.8 Å². The Hall–Kier alpha value is -2.26. The van der Waals surface area contributed by atoms with Crippen molar-refractivity contribution in [2.45, 2.75) is 11.7 Å². The van der Waals surface area contributed by atoms with Crippen molar-refractivity contribution in [1.82, 2.24) is 14.8 Å². The Balaban J connectivity index is 1.53. The van der Waals surface area contributed by atoms with E-state index in [1.54, 1.807) is 24.3 Å². The number of aromatic nitrogens is 3. The predicted molar refractivity (Wildman–Crippen MR) is 129 cm³/mol. The summed E-state index contributed by atoms with van der Waals surface area (Å²) in [5.74, 6) is 1.03. The smallest absolute Gasteiger partial charge is 0.234 e. The number of rotatable bonds is 7. The molecule has 0 aliphatic carbocycles. The zero-order chi connectivity index (χ0) is 22.0. The number of benzene rings is 2. The molecule has 0 fully saturated rings.